The first-order valence-electron chi connectivity index (χ1n) is 9.24. The number of carbonyl (C=O) groups is 2. The van der Waals surface area contributed by atoms with Gasteiger partial charge >= 0.3 is 0 Å². The van der Waals surface area contributed by atoms with E-state index in [0.717, 1.165) is 17.7 Å². The molecule has 1 fully saturated rings. The lowest BCUT2D eigenvalue weighted by molar-refractivity contribution is -0.122. The van der Waals surface area contributed by atoms with Gasteiger partial charge in [0.1, 0.15) is 13.2 Å². The van der Waals surface area contributed by atoms with E-state index in [1.165, 1.54) is 0 Å². The fourth-order valence-corrected chi connectivity index (χ4v) is 3.55. The molecule has 0 saturated carbocycles. The quantitative estimate of drug-likeness (QED) is 0.903. The average Bonchev–Trinajstić information content (AvgIpc) is 3.09. The molecule has 6 nitrogen and oxygen atoms in total. The number of para-hydroxylation sites is 1. The highest BCUT2D eigenvalue weighted by atomic mass is 16.6. The van der Waals surface area contributed by atoms with Crippen LogP contribution < -0.4 is 19.7 Å². The minimum Gasteiger partial charge on any atom is -0.486 e. The predicted octanol–water partition coefficient (Wildman–Crippen LogP) is 3.01. The summed E-state index contributed by atoms with van der Waals surface area (Å²) in [5.74, 6) is 0.753. The molecule has 2 aliphatic rings. The number of carbonyl (C=O) groups excluding carboxylic acids is 2. The van der Waals surface area contributed by atoms with E-state index in [4.69, 9.17) is 9.47 Å². The van der Waals surface area contributed by atoms with Crippen molar-refractivity contribution in [2.24, 2.45) is 5.92 Å². The van der Waals surface area contributed by atoms with Gasteiger partial charge in [-0.3, -0.25) is 9.59 Å². The van der Waals surface area contributed by atoms with Crippen molar-refractivity contribution in [3.63, 3.8) is 0 Å². The van der Waals surface area contributed by atoms with E-state index < -0.39 is 0 Å². The number of nitrogens with zero attached hydrogens (tertiary/aromatic N) is 1. The van der Waals surface area contributed by atoms with Gasteiger partial charge in [-0.1, -0.05) is 25.1 Å². The maximum absolute atomic E-state index is 12.7. The number of hydrogen-bond acceptors (Lipinski definition) is 4. The summed E-state index contributed by atoms with van der Waals surface area (Å²) in [7, 11) is 0. The van der Waals surface area contributed by atoms with Crippen LogP contribution in [0.1, 0.15) is 18.9 Å². The molecule has 1 N–H and O–H groups in total. The number of anilines is 2. The second-order valence-electron chi connectivity index (χ2n) is 6.74. The molecule has 0 aliphatic carbocycles. The molecule has 1 atom stereocenters. The first-order chi connectivity index (χ1) is 13.2. The summed E-state index contributed by atoms with van der Waals surface area (Å²) < 4.78 is 11.0. The maximum Gasteiger partial charge on any atom is 0.229 e. The molecule has 1 saturated heterocycles. The van der Waals surface area contributed by atoms with E-state index in [1.54, 1.807) is 23.1 Å². The molecular weight excluding hydrogens is 344 g/mol. The minimum absolute atomic E-state index is 0.0155. The average molecular weight is 366 g/mol. The SMILES string of the molecule is CCc1ccccc1N1C[C@@H](C(=O)Nc2ccc3c(c2)OCCO3)CC1=O. The van der Waals surface area contributed by atoms with Crippen LogP contribution in [0.3, 0.4) is 0 Å². The molecule has 2 aliphatic heterocycles. The van der Waals surface area contributed by atoms with Crippen molar-refractivity contribution >= 4 is 23.2 Å². The first kappa shape index (κ1) is 17.4. The van der Waals surface area contributed by atoms with E-state index in [2.05, 4.69) is 12.2 Å². The number of amides is 2. The van der Waals surface area contributed by atoms with Crippen molar-refractivity contribution < 1.29 is 19.1 Å². The van der Waals surface area contributed by atoms with Crippen LogP contribution >= 0.6 is 0 Å². The molecule has 0 spiro atoms. The highest BCUT2D eigenvalue weighted by Gasteiger charge is 2.35. The molecule has 2 heterocycles. The normalized spacial score (nSPS) is 18.5. The molecule has 2 aromatic carbocycles. The van der Waals surface area contributed by atoms with E-state index in [9.17, 15) is 9.59 Å². The summed E-state index contributed by atoms with van der Waals surface area (Å²) in [4.78, 5) is 26.9. The Labute approximate surface area is 158 Å². The minimum atomic E-state index is -0.379. The van der Waals surface area contributed by atoms with Gasteiger partial charge in [0.25, 0.3) is 0 Å². The largest absolute Gasteiger partial charge is 0.486 e. The van der Waals surface area contributed by atoms with Crippen LogP contribution in [0.25, 0.3) is 0 Å². The predicted molar refractivity (Wildman–Crippen MR) is 102 cm³/mol. The van der Waals surface area contributed by atoms with Crippen molar-refractivity contribution in [2.45, 2.75) is 19.8 Å². The van der Waals surface area contributed by atoms with Crippen molar-refractivity contribution in [1.29, 1.82) is 0 Å². The van der Waals surface area contributed by atoms with Crippen LogP contribution in [0.4, 0.5) is 11.4 Å². The Bertz CT molecular complexity index is 880. The second-order valence-corrected chi connectivity index (χ2v) is 6.74. The summed E-state index contributed by atoms with van der Waals surface area (Å²) in [5, 5.41) is 2.90. The number of aryl methyl sites for hydroxylation is 1. The molecule has 6 heteroatoms. The lowest BCUT2D eigenvalue weighted by Gasteiger charge is -2.20. The van der Waals surface area contributed by atoms with Crippen molar-refractivity contribution in [1.82, 2.24) is 0 Å². The molecule has 2 aromatic rings. The van der Waals surface area contributed by atoms with Gasteiger partial charge in [0.05, 0.1) is 5.92 Å². The van der Waals surface area contributed by atoms with Crippen molar-refractivity contribution in [3.05, 3.63) is 48.0 Å². The van der Waals surface area contributed by atoms with E-state index >= 15 is 0 Å². The fourth-order valence-electron chi connectivity index (χ4n) is 3.55. The van der Waals surface area contributed by atoms with Crippen LogP contribution in [0, 0.1) is 5.92 Å². The third-order valence-electron chi connectivity index (χ3n) is 4.97. The Morgan fingerprint density at radius 3 is 2.74 bits per heavy atom. The van der Waals surface area contributed by atoms with Gasteiger partial charge in [-0.15, -0.1) is 0 Å². The number of nitrogens with one attached hydrogen (secondary N) is 1. The monoisotopic (exact) mass is 366 g/mol. The highest BCUT2D eigenvalue weighted by Crippen LogP contribution is 2.33. The zero-order valence-electron chi connectivity index (χ0n) is 15.2. The Hall–Kier alpha value is -3.02. The number of hydrogen-bond donors (Lipinski definition) is 1. The summed E-state index contributed by atoms with van der Waals surface area (Å²) in [6.45, 7) is 3.48. The molecular formula is C21H22N2O4. The standard InChI is InChI=1S/C21H22N2O4/c1-2-14-5-3-4-6-17(14)23-13-15(11-20(23)24)21(25)22-16-7-8-18-19(12-16)27-10-9-26-18/h3-8,12,15H,2,9-11,13H2,1H3,(H,22,25)/t15-/m0/s1. The number of ether oxygens (including phenoxy) is 2. The molecule has 0 bridgehead atoms. The Balaban J connectivity index is 1.46. The summed E-state index contributed by atoms with van der Waals surface area (Å²) in [6.07, 6.45) is 1.06. The molecule has 27 heavy (non-hydrogen) atoms. The zero-order valence-corrected chi connectivity index (χ0v) is 15.2. The van der Waals surface area contributed by atoms with Crippen LogP contribution in [0.5, 0.6) is 11.5 Å². The van der Waals surface area contributed by atoms with Gasteiger partial charge in [0.15, 0.2) is 11.5 Å². The summed E-state index contributed by atoms with van der Waals surface area (Å²) >= 11 is 0. The molecule has 2 amide bonds. The first-order valence-corrected chi connectivity index (χ1v) is 9.24. The molecule has 0 aromatic heterocycles. The van der Waals surface area contributed by atoms with E-state index in [-0.39, 0.29) is 24.2 Å². The Kier molecular flexibility index (Phi) is 4.71. The summed E-state index contributed by atoms with van der Waals surface area (Å²) in [6, 6.07) is 13.2. The highest BCUT2D eigenvalue weighted by molar-refractivity contribution is 6.04. The third-order valence-corrected chi connectivity index (χ3v) is 4.97. The number of benzene rings is 2. The lowest BCUT2D eigenvalue weighted by Crippen LogP contribution is -2.28. The van der Waals surface area contributed by atoms with Crippen molar-refractivity contribution in [3.8, 4) is 11.5 Å². The molecule has 4 rings (SSSR count). The number of rotatable bonds is 4. The summed E-state index contributed by atoms with van der Waals surface area (Å²) in [5.41, 5.74) is 2.66. The molecule has 0 unspecified atom stereocenters. The Morgan fingerprint density at radius 1 is 1.15 bits per heavy atom. The second kappa shape index (κ2) is 7.31. The van der Waals surface area contributed by atoms with Gasteiger partial charge in [0, 0.05) is 30.4 Å². The van der Waals surface area contributed by atoms with Crippen LogP contribution in [0.15, 0.2) is 42.5 Å². The van der Waals surface area contributed by atoms with E-state index in [1.807, 2.05) is 24.3 Å². The van der Waals surface area contributed by atoms with Gasteiger partial charge in [-0.25, -0.2) is 0 Å². The van der Waals surface area contributed by atoms with Crippen molar-refractivity contribution in [2.75, 3.05) is 30.0 Å². The van der Waals surface area contributed by atoms with Gasteiger partial charge in [-0.2, -0.15) is 0 Å². The topological polar surface area (TPSA) is 67.9 Å². The number of fused-ring (bicyclic) bond motifs is 1. The molecule has 0 radical (unpaired) electrons. The fraction of sp³-hybridized carbons (Fsp3) is 0.333. The van der Waals surface area contributed by atoms with Crippen LogP contribution in [0.2, 0.25) is 0 Å². The van der Waals surface area contributed by atoms with Gasteiger partial charge < -0.3 is 19.7 Å². The van der Waals surface area contributed by atoms with E-state index in [0.29, 0.717) is 36.9 Å². The van der Waals surface area contributed by atoms with Gasteiger partial charge in [-0.05, 0) is 30.2 Å². The van der Waals surface area contributed by atoms with Gasteiger partial charge in [0.2, 0.25) is 11.8 Å². The molecule has 140 valence electrons. The smallest absolute Gasteiger partial charge is 0.229 e. The third kappa shape index (κ3) is 3.47. The van der Waals surface area contributed by atoms with Crippen LogP contribution in [-0.2, 0) is 16.0 Å². The maximum atomic E-state index is 12.7. The van der Waals surface area contributed by atoms with Crippen LogP contribution in [-0.4, -0.2) is 31.6 Å². The zero-order chi connectivity index (χ0) is 18.8. The lowest BCUT2D eigenvalue weighted by atomic mass is 10.1. The Morgan fingerprint density at radius 2 is 1.93 bits per heavy atom.